The molecular formula is C23H23BrN2O5. The Kier molecular flexibility index (Phi) is 6.80. The molecule has 0 saturated carbocycles. The van der Waals surface area contributed by atoms with Crippen molar-refractivity contribution in [3.8, 4) is 0 Å². The summed E-state index contributed by atoms with van der Waals surface area (Å²) in [6.07, 6.45) is -1.10. The fourth-order valence-corrected chi connectivity index (χ4v) is 3.52. The highest BCUT2D eigenvalue weighted by molar-refractivity contribution is 9.10. The zero-order valence-corrected chi connectivity index (χ0v) is 19.3. The number of amides is 2. The highest BCUT2D eigenvalue weighted by atomic mass is 79.9. The molecule has 0 aliphatic carbocycles. The Morgan fingerprint density at radius 1 is 1.10 bits per heavy atom. The number of hydrogen-bond acceptors (Lipinski definition) is 5. The van der Waals surface area contributed by atoms with Crippen LogP contribution in [0.4, 0.5) is 5.69 Å². The van der Waals surface area contributed by atoms with E-state index in [1.807, 2.05) is 38.1 Å². The van der Waals surface area contributed by atoms with Crippen LogP contribution in [0.15, 0.2) is 45.3 Å². The van der Waals surface area contributed by atoms with E-state index in [1.165, 1.54) is 6.92 Å². The van der Waals surface area contributed by atoms with Gasteiger partial charge in [0.1, 0.15) is 5.58 Å². The first kappa shape index (κ1) is 22.6. The third kappa shape index (κ3) is 5.14. The summed E-state index contributed by atoms with van der Waals surface area (Å²) in [6, 6.07) is 11.1. The van der Waals surface area contributed by atoms with Crippen molar-refractivity contribution in [3.05, 3.63) is 63.3 Å². The summed E-state index contributed by atoms with van der Waals surface area (Å²) in [5.41, 5.74) is 3.74. The van der Waals surface area contributed by atoms with Crippen LogP contribution in [0.2, 0.25) is 0 Å². The van der Waals surface area contributed by atoms with Crippen molar-refractivity contribution in [3.63, 3.8) is 0 Å². The Balaban J connectivity index is 1.57. The predicted molar refractivity (Wildman–Crippen MR) is 121 cm³/mol. The lowest BCUT2D eigenvalue weighted by Gasteiger charge is -2.14. The number of furan rings is 1. The van der Waals surface area contributed by atoms with Gasteiger partial charge in [-0.2, -0.15) is 0 Å². The molecule has 8 heteroatoms. The highest BCUT2D eigenvalue weighted by Crippen LogP contribution is 2.28. The molecule has 2 N–H and O–H groups in total. The molecule has 1 atom stereocenters. The Labute approximate surface area is 188 Å². The van der Waals surface area contributed by atoms with Gasteiger partial charge in [0, 0.05) is 21.1 Å². The SMILES string of the molecule is Cc1cccc(C)c1NC(=O)CNC(=O)C(C)OC(=O)c1oc2ccc(Br)cc2c1C. The van der Waals surface area contributed by atoms with Crippen molar-refractivity contribution in [1.82, 2.24) is 5.32 Å². The Morgan fingerprint density at radius 2 is 1.77 bits per heavy atom. The zero-order chi connectivity index (χ0) is 22.7. The van der Waals surface area contributed by atoms with Gasteiger partial charge in [0.05, 0.1) is 6.54 Å². The number of halogens is 1. The number of hydrogen-bond donors (Lipinski definition) is 2. The van der Waals surface area contributed by atoms with Gasteiger partial charge in [-0.3, -0.25) is 9.59 Å². The number of rotatable bonds is 6. The van der Waals surface area contributed by atoms with Crippen molar-refractivity contribution in [2.75, 3.05) is 11.9 Å². The van der Waals surface area contributed by atoms with E-state index < -0.39 is 18.0 Å². The summed E-state index contributed by atoms with van der Waals surface area (Å²) in [5, 5.41) is 6.05. The van der Waals surface area contributed by atoms with Gasteiger partial charge in [-0.15, -0.1) is 0 Å². The second-order valence-electron chi connectivity index (χ2n) is 7.28. The number of esters is 1. The van der Waals surface area contributed by atoms with Gasteiger partial charge < -0.3 is 19.8 Å². The number of carbonyl (C=O) groups excluding carboxylic acids is 3. The first-order chi connectivity index (χ1) is 14.7. The van der Waals surface area contributed by atoms with Crippen LogP contribution >= 0.6 is 15.9 Å². The van der Waals surface area contributed by atoms with Crippen molar-refractivity contribution >= 4 is 50.4 Å². The van der Waals surface area contributed by atoms with Crippen LogP contribution in [0.1, 0.15) is 34.2 Å². The molecule has 0 spiro atoms. The summed E-state index contributed by atoms with van der Waals surface area (Å²) in [7, 11) is 0. The van der Waals surface area contributed by atoms with E-state index in [0.29, 0.717) is 16.8 Å². The summed E-state index contributed by atoms with van der Waals surface area (Å²) in [4.78, 5) is 37.0. The van der Waals surface area contributed by atoms with Crippen molar-refractivity contribution < 1.29 is 23.5 Å². The number of nitrogens with one attached hydrogen (secondary N) is 2. The van der Waals surface area contributed by atoms with Crippen LogP contribution in [0.5, 0.6) is 0 Å². The fraction of sp³-hybridized carbons (Fsp3) is 0.261. The number of anilines is 1. The number of ether oxygens (including phenoxy) is 1. The molecule has 0 aliphatic heterocycles. The lowest BCUT2D eigenvalue weighted by atomic mass is 10.1. The molecule has 3 rings (SSSR count). The van der Waals surface area contributed by atoms with E-state index in [0.717, 1.165) is 21.0 Å². The van der Waals surface area contributed by atoms with Crippen molar-refractivity contribution in [2.24, 2.45) is 0 Å². The minimum absolute atomic E-state index is 0.0421. The van der Waals surface area contributed by atoms with E-state index in [-0.39, 0.29) is 18.2 Å². The Hall–Kier alpha value is -3.13. The van der Waals surface area contributed by atoms with E-state index in [1.54, 1.807) is 19.1 Å². The molecule has 7 nitrogen and oxygen atoms in total. The molecule has 31 heavy (non-hydrogen) atoms. The lowest BCUT2D eigenvalue weighted by molar-refractivity contribution is -0.130. The molecule has 0 bridgehead atoms. The van der Waals surface area contributed by atoms with Crippen LogP contribution in [0.25, 0.3) is 11.0 Å². The van der Waals surface area contributed by atoms with Crippen molar-refractivity contribution in [1.29, 1.82) is 0 Å². The fourth-order valence-electron chi connectivity index (χ4n) is 3.16. The molecule has 2 aromatic carbocycles. The summed E-state index contributed by atoms with van der Waals surface area (Å²) in [6.45, 7) is 6.72. The van der Waals surface area contributed by atoms with E-state index in [9.17, 15) is 14.4 Å². The molecule has 0 fully saturated rings. The highest BCUT2D eigenvalue weighted by Gasteiger charge is 2.24. The molecule has 1 heterocycles. The summed E-state index contributed by atoms with van der Waals surface area (Å²) in [5.74, 6) is -1.66. The number of fused-ring (bicyclic) bond motifs is 1. The largest absolute Gasteiger partial charge is 0.449 e. The van der Waals surface area contributed by atoms with Crippen LogP contribution in [-0.4, -0.2) is 30.4 Å². The molecule has 0 aliphatic rings. The average molecular weight is 487 g/mol. The van der Waals surface area contributed by atoms with Crippen LogP contribution in [0, 0.1) is 20.8 Å². The van der Waals surface area contributed by atoms with Gasteiger partial charge in [0.25, 0.3) is 5.91 Å². The summed E-state index contributed by atoms with van der Waals surface area (Å²) < 4.78 is 11.7. The van der Waals surface area contributed by atoms with Gasteiger partial charge in [0.15, 0.2) is 6.10 Å². The number of para-hydroxylation sites is 1. The van der Waals surface area contributed by atoms with Crippen molar-refractivity contribution in [2.45, 2.75) is 33.8 Å². The van der Waals surface area contributed by atoms with E-state index in [4.69, 9.17) is 9.15 Å². The van der Waals surface area contributed by atoms with Gasteiger partial charge >= 0.3 is 5.97 Å². The Morgan fingerprint density at radius 3 is 2.45 bits per heavy atom. The standard InChI is InChI=1S/C23H23BrN2O5/c1-12-6-5-7-13(2)20(12)26-19(27)11-25-22(28)15(4)30-23(29)21-14(3)17-10-16(24)8-9-18(17)31-21/h5-10,15H,11H2,1-4H3,(H,25,28)(H,26,27). The monoisotopic (exact) mass is 486 g/mol. The normalized spacial score (nSPS) is 11.8. The second-order valence-corrected chi connectivity index (χ2v) is 8.19. The number of benzene rings is 2. The Bertz CT molecular complexity index is 1150. The second kappa shape index (κ2) is 9.34. The zero-order valence-electron chi connectivity index (χ0n) is 17.7. The van der Waals surface area contributed by atoms with Gasteiger partial charge in [0.2, 0.25) is 11.7 Å². The van der Waals surface area contributed by atoms with Crippen LogP contribution in [0.3, 0.4) is 0 Å². The third-order valence-corrected chi connectivity index (χ3v) is 5.40. The molecule has 162 valence electrons. The first-order valence-electron chi connectivity index (χ1n) is 9.70. The minimum Gasteiger partial charge on any atom is -0.449 e. The quantitative estimate of drug-likeness (QED) is 0.502. The molecule has 0 radical (unpaired) electrons. The molecule has 1 unspecified atom stereocenters. The predicted octanol–water partition coefficient (Wildman–Crippen LogP) is 4.42. The lowest BCUT2D eigenvalue weighted by Crippen LogP contribution is -2.40. The van der Waals surface area contributed by atoms with E-state index in [2.05, 4.69) is 26.6 Å². The topological polar surface area (TPSA) is 97.6 Å². The molecule has 1 aromatic heterocycles. The average Bonchev–Trinajstić information content (AvgIpc) is 3.05. The number of carbonyl (C=O) groups is 3. The smallest absolute Gasteiger partial charge is 0.375 e. The number of aryl methyl sites for hydroxylation is 3. The molecule has 2 amide bonds. The maximum absolute atomic E-state index is 12.5. The van der Waals surface area contributed by atoms with E-state index >= 15 is 0 Å². The third-order valence-electron chi connectivity index (χ3n) is 4.91. The van der Waals surface area contributed by atoms with Gasteiger partial charge in [-0.05, 0) is 57.0 Å². The first-order valence-corrected chi connectivity index (χ1v) is 10.5. The van der Waals surface area contributed by atoms with Crippen LogP contribution < -0.4 is 10.6 Å². The maximum Gasteiger partial charge on any atom is 0.375 e. The molecule has 3 aromatic rings. The van der Waals surface area contributed by atoms with Gasteiger partial charge in [-0.25, -0.2) is 4.79 Å². The van der Waals surface area contributed by atoms with Crippen LogP contribution in [-0.2, 0) is 14.3 Å². The maximum atomic E-state index is 12.5. The summed E-state index contributed by atoms with van der Waals surface area (Å²) >= 11 is 3.39. The molecule has 0 saturated heterocycles. The minimum atomic E-state index is -1.10. The van der Waals surface area contributed by atoms with Gasteiger partial charge in [-0.1, -0.05) is 34.1 Å². The molecular weight excluding hydrogens is 464 g/mol.